The summed E-state index contributed by atoms with van der Waals surface area (Å²) in [5, 5.41) is 3.99. The molecule has 0 aliphatic heterocycles. The van der Waals surface area contributed by atoms with E-state index in [-0.39, 0.29) is 5.82 Å². The summed E-state index contributed by atoms with van der Waals surface area (Å²) in [6.45, 7) is 6.42. The van der Waals surface area contributed by atoms with Gasteiger partial charge in [-0.2, -0.15) is 0 Å². The SMILES string of the molecule is Cc1cc(-c2nc(CC(C)C)cc3cc(F)ccc23)c2oc3ccccc3c2c1. The fourth-order valence-electron chi connectivity index (χ4n) is 4.16. The van der Waals surface area contributed by atoms with Crippen molar-refractivity contribution in [1.29, 1.82) is 0 Å². The van der Waals surface area contributed by atoms with E-state index in [0.29, 0.717) is 5.92 Å². The molecule has 0 unspecified atom stereocenters. The molecular weight excluding hydrogens is 361 g/mol. The topological polar surface area (TPSA) is 26.0 Å². The van der Waals surface area contributed by atoms with Crippen LogP contribution in [0.15, 0.2) is 65.1 Å². The predicted octanol–water partition coefficient (Wildman–Crippen LogP) is 7.45. The number of aromatic nitrogens is 1. The lowest BCUT2D eigenvalue weighted by molar-refractivity contribution is 0.629. The summed E-state index contributed by atoms with van der Waals surface area (Å²) in [5.74, 6) is 0.230. The van der Waals surface area contributed by atoms with Crippen molar-refractivity contribution >= 4 is 32.7 Å². The maximum Gasteiger partial charge on any atom is 0.144 e. The van der Waals surface area contributed by atoms with Gasteiger partial charge in [-0.25, -0.2) is 4.39 Å². The van der Waals surface area contributed by atoms with Crippen LogP contribution in [-0.2, 0) is 6.42 Å². The van der Waals surface area contributed by atoms with E-state index in [1.54, 1.807) is 6.07 Å². The van der Waals surface area contributed by atoms with Crippen LogP contribution < -0.4 is 0 Å². The molecule has 0 saturated carbocycles. The lowest BCUT2D eigenvalue weighted by Gasteiger charge is -2.12. The van der Waals surface area contributed by atoms with E-state index in [1.807, 2.05) is 30.3 Å². The third-order valence-corrected chi connectivity index (χ3v) is 5.34. The highest BCUT2D eigenvalue weighted by molar-refractivity contribution is 6.11. The summed E-state index contributed by atoms with van der Waals surface area (Å²) in [6, 6.07) is 19.3. The molecule has 0 aliphatic carbocycles. The Kier molecular flexibility index (Phi) is 4.13. The van der Waals surface area contributed by atoms with E-state index in [2.05, 4.69) is 39.0 Å². The number of pyridine rings is 1. The van der Waals surface area contributed by atoms with Gasteiger partial charge in [-0.1, -0.05) is 32.0 Å². The number of hydrogen-bond donors (Lipinski definition) is 0. The van der Waals surface area contributed by atoms with E-state index in [0.717, 1.165) is 61.6 Å². The number of nitrogens with zero attached hydrogens (tertiary/aromatic N) is 1. The molecule has 144 valence electrons. The lowest BCUT2D eigenvalue weighted by atomic mass is 9.97. The molecule has 5 aromatic rings. The summed E-state index contributed by atoms with van der Waals surface area (Å²) in [7, 11) is 0. The molecule has 2 nitrogen and oxygen atoms in total. The number of fused-ring (bicyclic) bond motifs is 4. The number of benzene rings is 3. The third kappa shape index (κ3) is 3.07. The smallest absolute Gasteiger partial charge is 0.144 e. The molecule has 0 N–H and O–H groups in total. The first-order valence-corrected chi connectivity index (χ1v) is 10.0. The van der Waals surface area contributed by atoms with Crippen LogP contribution in [0.2, 0.25) is 0 Å². The van der Waals surface area contributed by atoms with Crippen LogP contribution in [-0.4, -0.2) is 4.98 Å². The van der Waals surface area contributed by atoms with Crippen molar-refractivity contribution < 1.29 is 8.81 Å². The number of halogens is 1. The summed E-state index contributed by atoms with van der Waals surface area (Å²) in [6.07, 6.45) is 0.842. The Morgan fingerprint density at radius 3 is 2.59 bits per heavy atom. The zero-order chi connectivity index (χ0) is 20.1. The quantitative estimate of drug-likeness (QED) is 0.323. The normalized spacial score (nSPS) is 11.9. The van der Waals surface area contributed by atoms with E-state index < -0.39 is 0 Å². The van der Waals surface area contributed by atoms with Crippen LogP contribution in [0.4, 0.5) is 4.39 Å². The second-order valence-electron chi connectivity index (χ2n) is 8.21. The Bertz CT molecular complexity index is 1380. The minimum atomic E-state index is -0.233. The van der Waals surface area contributed by atoms with Gasteiger partial charge in [-0.05, 0) is 72.7 Å². The molecular formula is C26H22FNO. The van der Waals surface area contributed by atoms with Gasteiger partial charge in [-0.3, -0.25) is 4.98 Å². The van der Waals surface area contributed by atoms with Gasteiger partial charge in [0, 0.05) is 27.4 Å². The zero-order valence-electron chi connectivity index (χ0n) is 16.8. The van der Waals surface area contributed by atoms with E-state index >= 15 is 0 Å². The Labute approximate surface area is 169 Å². The standard InChI is InChI=1S/C26H22FNO/c1-15(2)10-19-14-17-13-18(27)8-9-20(17)25(28-19)23-12-16(3)11-22-21-6-4-5-7-24(21)29-26(22)23/h4-9,11-15H,10H2,1-3H3. The summed E-state index contributed by atoms with van der Waals surface area (Å²) < 4.78 is 20.3. The van der Waals surface area contributed by atoms with E-state index in [1.165, 1.54) is 6.07 Å². The number of hydrogen-bond acceptors (Lipinski definition) is 2. The highest BCUT2D eigenvalue weighted by Gasteiger charge is 2.17. The van der Waals surface area contributed by atoms with Crippen LogP contribution >= 0.6 is 0 Å². The zero-order valence-corrected chi connectivity index (χ0v) is 16.8. The van der Waals surface area contributed by atoms with Crippen LogP contribution in [0.1, 0.15) is 25.1 Å². The second kappa shape index (κ2) is 6.70. The minimum Gasteiger partial charge on any atom is -0.455 e. The molecule has 0 saturated heterocycles. The van der Waals surface area contributed by atoms with Crippen LogP contribution in [0, 0.1) is 18.7 Å². The first-order valence-electron chi connectivity index (χ1n) is 10.0. The fraction of sp³-hybridized carbons (Fsp3) is 0.192. The van der Waals surface area contributed by atoms with Crippen molar-refractivity contribution in [2.45, 2.75) is 27.2 Å². The Morgan fingerprint density at radius 1 is 0.931 bits per heavy atom. The maximum atomic E-state index is 14.0. The van der Waals surface area contributed by atoms with Crippen molar-refractivity contribution in [3.05, 3.63) is 77.7 Å². The average molecular weight is 383 g/mol. The van der Waals surface area contributed by atoms with Gasteiger partial charge < -0.3 is 4.42 Å². The number of para-hydroxylation sites is 1. The predicted molar refractivity (Wildman–Crippen MR) is 118 cm³/mol. The molecule has 0 fully saturated rings. The molecule has 3 heteroatoms. The largest absolute Gasteiger partial charge is 0.455 e. The Morgan fingerprint density at radius 2 is 1.76 bits per heavy atom. The molecule has 0 radical (unpaired) electrons. The average Bonchev–Trinajstić information content (AvgIpc) is 3.04. The fourth-order valence-corrected chi connectivity index (χ4v) is 4.16. The maximum absolute atomic E-state index is 14.0. The molecule has 0 aliphatic rings. The lowest BCUT2D eigenvalue weighted by Crippen LogP contribution is -2.00. The molecule has 0 amide bonds. The van der Waals surface area contributed by atoms with Gasteiger partial charge >= 0.3 is 0 Å². The van der Waals surface area contributed by atoms with Crippen molar-refractivity contribution in [1.82, 2.24) is 4.98 Å². The number of aryl methyl sites for hydroxylation is 1. The molecule has 2 heterocycles. The van der Waals surface area contributed by atoms with E-state index in [9.17, 15) is 4.39 Å². The Balaban J connectivity index is 1.88. The van der Waals surface area contributed by atoms with Crippen molar-refractivity contribution in [3.63, 3.8) is 0 Å². The molecule has 0 atom stereocenters. The van der Waals surface area contributed by atoms with Gasteiger partial charge in [0.2, 0.25) is 0 Å². The third-order valence-electron chi connectivity index (χ3n) is 5.34. The molecule has 0 spiro atoms. The van der Waals surface area contributed by atoms with Gasteiger partial charge in [0.15, 0.2) is 0 Å². The van der Waals surface area contributed by atoms with Gasteiger partial charge in [0.1, 0.15) is 17.0 Å². The van der Waals surface area contributed by atoms with E-state index in [4.69, 9.17) is 9.40 Å². The van der Waals surface area contributed by atoms with Gasteiger partial charge in [0.05, 0.1) is 5.69 Å². The number of furan rings is 1. The first-order chi connectivity index (χ1) is 14.0. The van der Waals surface area contributed by atoms with Crippen LogP contribution in [0.25, 0.3) is 44.0 Å². The van der Waals surface area contributed by atoms with Gasteiger partial charge in [-0.15, -0.1) is 0 Å². The second-order valence-corrected chi connectivity index (χ2v) is 8.21. The number of rotatable bonds is 3. The highest BCUT2D eigenvalue weighted by Crippen LogP contribution is 2.39. The molecule has 5 rings (SSSR count). The molecule has 29 heavy (non-hydrogen) atoms. The van der Waals surface area contributed by atoms with Crippen LogP contribution in [0.3, 0.4) is 0 Å². The summed E-state index contributed by atoms with van der Waals surface area (Å²) >= 11 is 0. The first kappa shape index (κ1) is 17.9. The van der Waals surface area contributed by atoms with Gasteiger partial charge in [0.25, 0.3) is 0 Å². The van der Waals surface area contributed by atoms with Crippen molar-refractivity contribution in [3.8, 4) is 11.3 Å². The Hall–Kier alpha value is -3.20. The monoisotopic (exact) mass is 383 g/mol. The summed E-state index contributed by atoms with van der Waals surface area (Å²) in [5.41, 5.74) is 5.62. The minimum absolute atomic E-state index is 0.233. The summed E-state index contributed by atoms with van der Waals surface area (Å²) in [4.78, 5) is 5.02. The molecule has 2 aromatic heterocycles. The highest BCUT2D eigenvalue weighted by atomic mass is 19.1. The van der Waals surface area contributed by atoms with Crippen molar-refractivity contribution in [2.24, 2.45) is 5.92 Å². The van der Waals surface area contributed by atoms with Crippen LogP contribution in [0.5, 0.6) is 0 Å². The van der Waals surface area contributed by atoms with Crippen molar-refractivity contribution in [2.75, 3.05) is 0 Å². The molecule has 3 aromatic carbocycles. The molecule has 0 bridgehead atoms.